The molecule has 3 heterocycles. The number of carbonyl (C=O) groups is 2. The first-order valence-electron chi connectivity index (χ1n) is 10.3. The first-order valence-corrected chi connectivity index (χ1v) is 10.3. The first-order chi connectivity index (χ1) is 16.9. The van der Waals surface area contributed by atoms with Gasteiger partial charge in [0, 0.05) is 19.2 Å². The number of aromatic nitrogens is 4. The highest BCUT2D eigenvalue weighted by Gasteiger charge is 2.20. The second-order valence-electron chi connectivity index (χ2n) is 7.59. The van der Waals surface area contributed by atoms with E-state index in [9.17, 15) is 23.2 Å². The van der Waals surface area contributed by atoms with E-state index in [1.807, 2.05) is 0 Å². The lowest BCUT2D eigenvalue weighted by Gasteiger charge is -2.10. The summed E-state index contributed by atoms with van der Waals surface area (Å²) in [6.45, 7) is 0.148. The largest absolute Gasteiger partial charge is 0.417 e. The fourth-order valence-electron chi connectivity index (χ4n) is 3.47. The van der Waals surface area contributed by atoms with E-state index in [0.717, 1.165) is 10.7 Å². The Labute approximate surface area is 194 Å². The Kier molecular flexibility index (Phi) is 5.53. The Morgan fingerprint density at radius 2 is 1.69 bits per heavy atom. The number of benzene rings is 2. The molecule has 5 rings (SSSR count). The van der Waals surface area contributed by atoms with Gasteiger partial charge in [-0.15, -0.1) is 0 Å². The lowest BCUT2D eigenvalue weighted by Crippen LogP contribution is -2.28. The van der Waals surface area contributed by atoms with E-state index in [-0.39, 0.29) is 30.1 Å². The molecule has 0 fully saturated rings. The number of amides is 2. The molecule has 0 aliphatic heterocycles. The molecule has 0 saturated heterocycles. The summed E-state index contributed by atoms with van der Waals surface area (Å²) in [6.07, 6.45) is 0.891. The fourth-order valence-corrected chi connectivity index (χ4v) is 3.47. The van der Waals surface area contributed by atoms with Gasteiger partial charge in [0.25, 0.3) is 11.8 Å². The summed E-state index contributed by atoms with van der Waals surface area (Å²) in [6, 6.07) is 11.7. The van der Waals surface area contributed by atoms with Crippen LogP contribution in [0, 0.1) is 11.6 Å². The Morgan fingerprint density at radius 1 is 0.971 bits per heavy atom. The van der Waals surface area contributed by atoms with Gasteiger partial charge < -0.3 is 15.1 Å². The molecule has 0 unspecified atom stereocenters. The molecular formula is C23H16F2N6O4. The number of hydrogen-bond donors (Lipinski definition) is 3. The average molecular weight is 478 g/mol. The number of oxazole rings is 1. The monoisotopic (exact) mass is 478 g/mol. The second-order valence-corrected chi connectivity index (χ2v) is 7.59. The van der Waals surface area contributed by atoms with Crippen molar-refractivity contribution in [2.75, 3.05) is 0 Å². The van der Waals surface area contributed by atoms with Crippen LogP contribution in [0.5, 0.6) is 0 Å². The summed E-state index contributed by atoms with van der Waals surface area (Å²) in [5.41, 5.74) is 1.57. The number of nitrogens with zero attached hydrogens (tertiary/aromatic N) is 3. The summed E-state index contributed by atoms with van der Waals surface area (Å²) < 4.78 is 33.3. The van der Waals surface area contributed by atoms with Gasteiger partial charge >= 0.3 is 5.76 Å². The van der Waals surface area contributed by atoms with Crippen molar-refractivity contribution in [3.63, 3.8) is 0 Å². The average Bonchev–Trinajstić information content (AvgIpc) is 3.42. The Morgan fingerprint density at radius 3 is 2.49 bits per heavy atom. The van der Waals surface area contributed by atoms with Crippen LogP contribution in [0.4, 0.5) is 8.78 Å². The molecule has 2 amide bonds. The third kappa shape index (κ3) is 4.49. The normalized spacial score (nSPS) is 11.1. The molecule has 0 radical (unpaired) electrons. The van der Waals surface area contributed by atoms with Gasteiger partial charge in [-0.3, -0.25) is 14.6 Å². The Balaban J connectivity index is 1.36. The van der Waals surface area contributed by atoms with Gasteiger partial charge in [-0.05, 0) is 35.4 Å². The van der Waals surface area contributed by atoms with Gasteiger partial charge in [0.05, 0.1) is 11.7 Å². The summed E-state index contributed by atoms with van der Waals surface area (Å²) in [5, 5.41) is 9.12. The van der Waals surface area contributed by atoms with Crippen molar-refractivity contribution in [3.05, 3.63) is 99.4 Å². The molecule has 3 N–H and O–H groups in total. The number of hydrogen-bond acceptors (Lipinski definition) is 6. The first kappa shape index (κ1) is 21.9. The quantitative estimate of drug-likeness (QED) is 0.343. The van der Waals surface area contributed by atoms with Crippen molar-refractivity contribution in [3.8, 4) is 0 Å². The van der Waals surface area contributed by atoms with Gasteiger partial charge in [0.2, 0.25) is 0 Å². The van der Waals surface area contributed by atoms with E-state index in [4.69, 9.17) is 4.42 Å². The highest BCUT2D eigenvalue weighted by atomic mass is 19.1. The molecule has 0 aliphatic rings. The number of rotatable bonds is 6. The molecule has 35 heavy (non-hydrogen) atoms. The Hall–Kier alpha value is -4.87. The molecule has 12 heteroatoms. The molecule has 2 aromatic carbocycles. The zero-order chi connectivity index (χ0) is 24.5. The van der Waals surface area contributed by atoms with Crippen LogP contribution in [-0.2, 0) is 13.1 Å². The highest BCUT2D eigenvalue weighted by molar-refractivity contribution is 5.98. The zero-order valence-electron chi connectivity index (χ0n) is 17.8. The van der Waals surface area contributed by atoms with Crippen LogP contribution in [0.1, 0.15) is 32.1 Å². The predicted molar refractivity (Wildman–Crippen MR) is 119 cm³/mol. The van der Waals surface area contributed by atoms with Crippen molar-refractivity contribution in [2.24, 2.45) is 0 Å². The van der Waals surface area contributed by atoms with Crippen LogP contribution in [-0.4, -0.2) is 31.4 Å². The van der Waals surface area contributed by atoms with Crippen molar-refractivity contribution in [1.82, 2.24) is 30.2 Å². The molecule has 5 aromatic rings. The fraction of sp³-hybridized carbons (Fsp3) is 0.0870. The number of aromatic amines is 1. The van der Waals surface area contributed by atoms with Crippen molar-refractivity contribution >= 4 is 28.6 Å². The number of nitrogens with one attached hydrogen (secondary N) is 3. The number of H-pyrrole nitrogens is 1. The predicted octanol–water partition coefficient (Wildman–Crippen LogP) is 2.30. The summed E-state index contributed by atoms with van der Waals surface area (Å²) in [5.74, 6) is -3.08. The van der Waals surface area contributed by atoms with E-state index < -0.39 is 29.2 Å². The Bertz CT molecular complexity index is 1640. The summed E-state index contributed by atoms with van der Waals surface area (Å²) >= 11 is 0. The summed E-state index contributed by atoms with van der Waals surface area (Å²) in [7, 11) is 0. The SMILES string of the molecule is O=C(NCc1ccc2oc(=O)[nH]c2c1)c1cc(C(=O)NCc2ccc(F)cc2)n2ncc(F)c2n1. The third-order valence-corrected chi connectivity index (χ3v) is 5.20. The van der Waals surface area contributed by atoms with E-state index in [2.05, 4.69) is 25.7 Å². The van der Waals surface area contributed by atoms with Gasteiger partial charge in [0.15, 0.2) is 17.0 Å². The number of halogens is 2. The van der Waals surface area contributed by atoms with Crippen LogP contribution in [0.25, 0.3) is 16.7 Å². The molecule has 0 saturated carbocycles. The van der Waals surface area contributed by atoms with Gasteiger partial charge in [0.1, 0.15) is 17.2 Å². The molecular weight excluding hydrogens is 462 g/mol. The van der Waals surface area contributed by atoms with E-state index in [1.165, 1.54) is 30.3 Å². The number of carbonyl (C=O) groups excluding carboxylic acids is 2. The molecule has 0 spiro atoms. The van der Waals surface area contributed by atoms with Crippen LogP contribution < -0.4 is 16.4 Å². The van der Waals surface area contributed by atoms with Gasteiger partial charge in [-0.2, -0.15) is 5.10 Å². The smallest absolute Gasteiger partial charge is 0.408 e. The highest BCUT2D eigenvalue weighted by Crippen LogP contribution is 2.14. The van der Waals surface area contributed by atoms with Crippen LogP contribution >= 0.6 is 0 Å². The molecule has 0 bridgehead atoms. The van der Waals surface area contributed by atoms with Crippen molar-refractivity contribution in [2.45, 2.75) is 13.1 Å². The lowest BCUT2D eigenvalue weighted by atomic mass is 10.2. The molecule has 176 valence electrons. The molecule has 0 aliphatic carbocycles. The minimum Gasteiger partial charge on any atom is -0.408 e. The maximum absolute atomic E-state index is 14.2. The van der Waals surface area contributed by atoms with Crippen molar-refractivity contribution < 1.29 is 22.8 Å². The standard InChI is InChI=1S/C23H16F2N6O4/c24-14-4-1-12(2-5-14)9-27-22(33)18-8-17(29-20-15(25)11-28-31(18)20)21(32)26-10-13-3-6-19-16(7-13)30-23(34)35-19/h1-8,11H,9-10H2,(H,26,32)(H,27,33)(H,30,34). The van der Waals surface area contributed by atoms with E-state index in [1.54, 1.807) is 18.2 Å². The van der Waals surface area contributed by atoms with Gasteiger partial charge in [-0.25, -0.2) is 23.1 Å². The maximum atomic E-state index is 14.2. The zero-order valence-corrected chi connectivity index (χ0v) is 17.8. The van der Waals surface area contributed by atoms with E-state index >= 15 is 0 Å². The molecule has 3 aromatic heterocycles. The third-order valence-electron chi connectivity index (χ3n) is 5.20. The molecule has 0 atom stereocenters. The minimum atomic E-state index is -0.804. The number of fused-ring (bicyclic) bond motifs is 2. The minimum absolute atomic E-state index is 0.0721. The second kappa shape index (κ2) is 8.82. The van der Waals surface area contributed by atoms with Crippen molar-refractivity contribution in [1.29, 1.82) is 0 Å². The van der Waals surface area contributed by atoms with Crippen LogP contribution in [0.3, 0.4) is 0 Å². The molecule has 10 nitrogen and oxygen atoms in total. The maximum Gasteiger partial charge on any atom is 0.417 e. The van der Waals surface area contributed by atoms with Crippen LogP contribution in [0.2, 0.25) is 0 Å². The van der Waals surface area contributed by atoms with Crippen LogP contribution in [0.15, 0.2) is 63.9 Å². The van der Waals surface area contributed by atoms with Gasteiger partial charge in [-0.1, -0.05) is 18.2 Å². The topological polar surface area (TPSA) is 134 Å². The lowest BCUT2D eigenvalue weighted by molar-refractivity contribution is 0.0942. The summed E-state index contributed by atoms with van der Waals surface area (Å²) in [4.78, 5) is 43.4. The van der Waals surface area contributed by atoms with E-state index in [0.29, 0.717) is 22.2 Å².